The number of carbonyl (C=O) groups excluding carboxylic acids is 1. The summed E-state index contributed by atoms with van der Waals surface area (Å²) in [6, 6.07) is 15.7. The van der Waals surface area contributed by atoms with Gasteiger partial charge >= 0.3 is 0 Å². The summed E-state index contributed by atoms with van der Waals surface area (Å²) >= 11 is 1.43. The highest BCUT2D eigenvalue weighted by Gasteiger charge is 2.37. The van der Waals surface area contributed by atoms with Gasteiger partial charge in [0.1, 0.15) is 11.1 Å². The first-order valence-corrected chi connectivity index (χ1v) is 9.70. The molecule has 1 aliphatic rings. The monoisotopic (exact) mass is 379 g/mol. The fourth-order valence-corrected chi connectivity index (χ4v) is 4.29. The van der Waals surface area contributed by atoms with Crippen molar-refractivity contribution >= 4 is 23.4 Å². The van der Waals surface area contributed by atoms with Crippen LogP contribution < -0.4 is 10.7 Å². The van der Waals surface area contributed by atoms with Crippen LogP contribution in [0.3, 0.4) is 0 Å². The summed E-state index contributed by atoms with van der Waals surface area (Å²) < 4.78 is 1.85. The van der Waals surface area contributed by atoms with Crippen molar-refractivity contribution in [2.45, 2.75) is 37.2 Å². The Morgan fingerprint density at radius 2 is 1.85 bits per heavy atom. The van der Waals surface area contributed by atoms with E-state index in [9.17, 15) is 4.79 Å². The third-order valence-corrected chi connectivity index (χ3v) is 6.09. The SMILES string of the molecule is Cc1cccc(NC(=O)[C@H]2Sc3nnc(C)n3N[C@H]2c2ccccc2)c1C. The molecule has 0 spiro atoms. The Kier molecular flexibility index (Phi) is 4.61. The van der Waals surface area contributed by atoms with Gasteiger partial charge in [-0.25, -0.2) is 4.68 Å². The van der Waals surface area contributed by atoms with E-state index in [4.69, 9.17) is 0 Å². The lowest BCUT2D eigenvalue weighted by Crippen LogP contribution is -2.41. The zero-order valence-corrected chi connectivity index (χ0v) is 16.2. The van der Waals surface area contributed by atoms with Gasteiger partial charge in [-0.1, -0.05) is 54.2 Å². The van der Waals surface area contributed by atoms with E-state index in [1.54, 1.807) is 0 Å². The maximum atomic E-state index is 13.2. The van der Waals surface area contributed by atoms with E-state index in [-0.39, 0.29) is 17.2 Å². The number of hydrogen-bond donors (Lipinski definition) is 2. The minimum Gasteiger partial charge on any atom is -0.325 e. The molecule has 2 heterocycles. The third kappa shape index (κ3) is 3.30. The molecule has 2 atom stereocenters. The van der Waals surface area contributed by atoms with E-state index in [2.05, 4.69) is 20.9 Å². The molecule has 0 unspecified atom stereocenters. The smallest absolute Gasteiger partial charge is 0.240 e. The fourth-order valence-electron chi connectivity index (χ4n) is 3.16. The van der Waals surface area contributed by atoms with Crippen molar-refractivity contribution in [3.05, 3.63) is 71.0 Å². The van der Waals surface area contributed by atoms with Crippen LogP contribution in [0.25, 0.3) is 0 Å². The Morgan fingerprint density at radius 3 is 2.63 bits per heavy atom. The van der Waals surface area contributed by atoms with Crippen molar-refractivity contribution < 1.29 is 4.79 Å². The van der Waals surface area contributed by atoms with Gasteiger partial charge in [-0.15, -0.1) is 10.2 Å². The molecule has 2 aromatic carbocycles. The number of rotatable bonds is 3. The summed E-state index contributed by atoms with van der Waals surface area (Å²) in [6.45, 7) is 5.95. The maximum Gasteiger partial charge on any atom is 0.240 e. The quantitative estimate of drug-likeness (QED) is 0.727. The number of anilines is 1. The second kappa shape index (κ2) is 7.08. The van der Waals surface area contributed by atoms with Crippen LogP contribution >= 0.6 is 11.8 Å². The molecular weight excluding hydrogens is 358 g/mol. The second-order valence-corrected chi connectivity index (χ2v) is 7.77. The number of fused-ring (bicyclic) bond motifs is 1. The Morgan fingerprint density at radius 1 is 1.07 bits per heavy atom. The average molecular weight is 379 g/mol. The summed E-state index contributed by atoms with van der Waals surface area (Å²) in [7, 11) is 0. The van der Waals surface area contributed by atoms with Crippen LogP contribution in [0.2, 0.25) is 0 Å². The van der Waals surface area contributed by atoms with E-state index in [1.807, 2.05) is 74.0 Å². The Balaban J connectivity index is 1.67. The van der Waals surface area contributed by atoms with E-state index >= 15 is 0 Å². The minimum atomic E-state index is -0.372. The highest BCUT2D eigenvalue weighted by Crippen LogP contribution is 2.37. The average Bonchev–Trinajstić information content (AvgIpc) is 3.05. The number of thioether (sulfide) groups is 1. The Labute approximate surface area is 162 Å². The van der Waals surface area contributed by atoms with Crippen LogP contribution in [0.5, 0.6) is 0 Å². The molecule has 6 nitrogen and oxygen atoms in total. The molecule has 27 heavy (non-hydrogen) atoms. The van der Waals surface area contributed by atoms with Crippen molar-refractivity contribution in [3.63, 3.8) is 0 Å². The first-order chi connectivity index (χ1) is 13.0. The molecule has 1 amide bonds. The Bertz CT molecular complexity index is 985. The van der Waals surface area contributed by atoms with Crippen molar-refractivity contribution in [2.24, 2.45) is 0 Å². The number of nitrogens with one attached hydrogen (secondary N) is 2. The van der Waals surface area contributed by atoms with Gasteiger partial charge in [0, 0.05) is 5.69 Å². The van der Waals surface area contributed by atoms with Gasteiger partial charge in [-0.3, -0.25) is 4.79 Å². The number of benzene rings is 2. The molecule has 0 aliphatic carbocycles. The normalized spacial score (nSPS) is 18.5. The molecule has 0 bridgehead atoms. The summed E-state index contributed by atoms with van der Waals surface area (Å²) in [6.07, 6.45) is 0. The summed E-state index contributed by atoms with van der Waals surface area (Å²) in [5.74, 6) is 0.716. The van der Waals surface area contributed by atoms with E-state index in [0.29, 0.717) is 5.16 Å². The summed E-state index contributed by atoms with van der Waals surface area (Å²) in [5.41, 5.74) is 7.53. The standard InChI is InChI=1S/C20H21N5OS/c1-12-8-7-11-16(13(12)2)21-19(26)18-17(15-9-5-4-6-10-15)24-25-14(3)22-23-20(25)27-18/h4-11,17-18,24H,1-3H3,(H,21,26)/t17-,18-/m0/s1. The Hall–Kier alpha value is -2.80. The molecule has 4 rings (SSSR count). The van der Waals surface area contributed by atoms with Gasteiger partial charge in [0.2, 0.25) is 11.1 Å². The lowest BCUT2D eigenvalue weighted by molar-refractivity contribution is -0.116. The zero-order chi connectivity index (χ0) is 19.0. The van der Waals surface area contributed by atoms with Gasteiger partial charge in [0.05, 0.1) is 6.04 Å². The molecule has 1 aromatic heterocycles. The number of carbonyl (C=O) groups is 1. The van der Waals surface area contributed by atoms with Crippen LogP contribution in [0, 0.1) is 20.8 Å². The molecule has 0 saturated heterocycles. The molecule has 0 radical (unpaired) electrons. The van der Waals surface area contributed by atoms with Crippen molar-refractivity contribution in [1.82, 2.24) is 14.9 Å². The van der Waals surface area contributed by atoms with E-state index < -0.39 is 0 Å². The van der Waals surface area contributed by atoms with Gasteiger partial charge in [0.25, 0.3) is 0 Å². The van der Waals surface area contributed by atoms with Gasteiger partial charge in [-0.2, -0.15) is 0 Å². The first kappa shape index (κ1) is 17.6. The van der Waals surface area contributed by atoms with Crippen LogP contribution in [0.1, 0.15) is 28.6 Å². The van der Waals surface area contributed by atoms with Gasteiger partial charge in [-0.05, 0) is 43.5 Å². The molecule has 138 valence electrons. The molecule has 3 aromatic rings. The minimum absolute atomic E-state index is 0.0537. The van der Waals surface area contributed by atoms with E-state index in [0.717, 1.165) is 28.2 Å². The highest BCUT2D eigenvalue weighted by atomic mass is 32.2. The number of amides is 1. The number of hydrogen-bond acceptors (Lipinski definition) is 5. The van der Waals surface area contributed by atoms with Crippen LogP contribution in [0.15, 0.2) is 53.7 Å². The predicted molar refractivity (Wildman–Crippen MR) is 107 cm³/mol. The van der Waals surface area contributed by atoms with Crippen molar-refractivity contribution in [2.75, 3.05) is 10.7 Å². The largest absolute Gasteiger partial charge is 0.325 e. The van der Waals surface area contributed by atoms with Crippen LogP contribution in [-0.4, -0.2) is 26.0 Å². The van der Waals surface area contributed by atoms with Crippen molar-refractivity contribution in [1.29, 1.82) is 0 Å². The molecular formula is C20H21N5OS. The molecule has 0 fully saturated rings. The maximum absolute atomic E-state index is 13.2. The number of aromatic nitrogens is 3. The summed E-state index contributed by atoms with van der Waals surface area (Å²) in [4.78, 5) is 13.2. The van der Waals surface area contributed by atoms with Crippen LogP contribution in [-0.2, 0) is 4.79 Å². The summed E-state index contributed by atoms with van der Waals surface area (Å²) in [5, 5.41) is 11.7. The predicted octanol–water partition coefficient (Wildman–Crippen LogP) is 3.60. The van der Waals surface area contributed by atoms with Gasteiger partial charge in [0.15, 0.2) is 0 Å². The third-order valence-electron chi connectivity index (χ3n) is 4.88. The topological polar surface area (TPSA) is 71.8 Å². The fraction of sp³-hybridized carbons (Fsp3) is 0.250. The highest BCUT2D eigenvalue weighted by molar-refractivity contribution is 8.00. The van der Waals surface area contributed by atoms with Crippen LogP contribution in [0.4, 0.5) is 5.69 Å². The molecule has 7 heteroatoms. The van der Waals surface area contributed by atoms with E-state index in [1.165, 1.54) is 11.8 Å². The van der Waals surface area contributed by atoms with Gasteiger partial charge < -0.3 is 10.7 Å². The number of nitrogens with zero attached hydrogens (tertiary/aromatic N) is 3. The molecule has 0 saturated carbocycles. The number of aryl methyl sites for hydroxylation is 2. The first-order valence-electron chi connectivity index (χ1n) is 8.82. The molecule has 2 N–H and O–H groups in total. The zero-order valence-electron chi connectivity index (χ0n) is 15.4. The lowest BCUT2D eigenvalue weighted by Gasteiger charge is -2.32. The lowest BCUT2D eigenvalue weighted by atomic mass is 10.0. The second-order valence-electron chi connectivity index (χ2n) is 6.66. The van der Waals surface area contributed by atoms with Crippen molar-refractivity contribution in [3.8, 4) is 0 Å². The molecule has 1 aliphatic heterocycles.